The van der Waals surface area contributed by atoms with E-state index in [2.05, 4.69) is 0 Å². The largest absolute Gasteiger partial charge is 0.464 e. The number of hydrogen-bond donors (Lipinski definition) is 0. The van der Waals surface area contributed by atoms with Gasteiger partial charge in [-0.15, -0.1) is 0 Å². The Morgan fingerprint density at radius 2 is 1.24 bits per heavy atom. The van der Waals surface area contributed by atoms with Gasteiger partial charge in [-0.25, -0.2) is 0 Å². The van der Waals surface area contributed by atoms with Crippen LogP contribution in [0.3, 0.4) is 0 Å². The van der Waals surface area contributed by atoms with Crippen molar-refractivity contribution in [2.24, 2.45) is 17.8 Å². The van der Waals surface area contributed by atoms with Crippen LogP contribution in [0.5, 0.6) is 0 Å². The second-order valence-corrected chi connectivity index (χ2v) is 7.85. The lowest BCUT2D eigenvalue weighted by molar-refractivity contribution is -0.167. The molecule has 0 bridgehead atoms. The van der Waals surface area contributed by atoms with Crippen molar-refractivity contribution in [3.63, 3.8) is 0 Å². The second-order valence-electron chi connectivity index (χ2n) is 7.85. The summed E-state index contributed by atoms with van der Waals surface area (Å²) in [6.45, 7) is 12.4. The number of carbonyl (C=O) groups excluding carboxylic acids is 2. The molecule has 0 aliphatic carbocycles. The Hall–Kier alpha value is -1.84. The molecule has 4 nitrogen and oxygen atoms in total. The van der Waals surface area contributed by atoms with Crippen LogP contribution < -0.4 is 0 Å². The fourth-order valence-corrected chi connectivity index (χ4v) is 2.67. The van der Waals surface area contributed by atoms with E-state index in [9.17, 15) is 9.59 Å². The van der Waals surface area contributed by atoms with E-state index in [0.717, 1.165) is 0 Å². The molecule has 0 aromatic heterocycles. The maximum Gasteiger partial charge on any atom is 0.328 e. The summed E-state index contributed by atoms with van der Waals surface area (Å²) in [6, 6.07) is 9.12. The quantitative estimate of drug-likeness (QED) is 0.491. The number of rotatable bonds is 9. The van der Waals surface area contributed by atoms with Crippen molar-refractivity contribution in [2.75, 3.05) is 13.2 Å². The average molecular weight is 348 g/mol. The van der Waals surface area contributed by atoms with Crippen molar-refractivity contribution in [2.45, 2.75) is 53.4 Å². The molecule has 140 valence electrons. The zero-order valence-electron chi connectivity index (χ0n) is 16.4. The van der Waals surface area contributed by atoms with Gasteiger partial charge < -0.3 is 9.47 Å². The van der Waals surface area contributed by atoms with E-state index in [-0.39, 0.29) is 31.0 Å². The van der Waals surface area contributed by atoms with Crippen molar-refractivity contribution < 1.29 is 19.1 Å². The Morgan fingerprint density at radius 1 is 0.800 bits per heavy atom. The number of esters is 2. The van der Waals surface area contributed by atoms with Gasteiger partial charge in [0.1, 0.15) is 0 Å². The summed E-state index contributed by atoms with van der Waals surface area (Å²) in [5.74, 6) is -0.519. The van der Waals surface area contributed by atoms with Gasteiger partial charge in [0.2, 0.25) is 0 Å². The van der Waals surface area contributed by atoms with Gasteiger partial charge in [-0.1, -0.05) is 71.9 Å². The number of hydrogen-bond acceptors (Lipinski definition) is 4. The summed E-state index contributed by atoms with van der Waals surface area (Å²) in [6.07, 6.45) is 0.352. The lowest BCUT2D eigenvalue weighted by Crippen LogP contribution is -2.47. The summed E-state index contributed by atoms with van der Waals surface area (Å²) in [7, 11) is 0. The fourth-order valence-electron chi connectivity index (χ4n) is 2.67. The molecule has 25 heavy (non-hydrogen) atoms. The fraction of sp³-hybridized carbons (Fsp3) is 0.619. The standard InChI is InChI=1S/C21H32O4/c1-15(2)12-21(18-10-8-7-9-11-18,19(22)24-13-16(3)4)20(23)25-14-17(5)6/h7-11,15-17H,12-14H2,1-6H3. The van der Waals surface area contributed by atoms with Crippen molar-refractivity contribution in [3.8, 4) is 0 Å². The number of benzene rings is 1. The Bertz CT molecular complexity index is 522. The molecule has 0 spiro atoms. The van der Waals surface area contributed by atoms with E-state index < -0.39 is 17.4 Å². The Morgan fingerprint density at radius 3 is 1.60 bits per heavy atom. The third-order valence-electron chi connectivity index (χ3n) is 3.77. The SMILES string of the molecule is CC(C)COC(=O)C(CC(C)C)(C(=O)OCC(C)C)c1ccccc1. The zero-order chi connectivity index (χ0) is 19.0. The van der Waals surface area contributed by atoms with Gasteiger partial charge in [-0.3, -0.25) is 9.59 Å². The molecule has 1 rings (SSSR count). The Balaban J connectivity index is 3.32. The molecule has 4 heteroatoms. The van der Waals surface area contributed by atoms with Crippen molar-refractivity contribution in [3.05, 3.63) is 35.9 Å². The molecule has 0 heterocycles. The topological polar surface area (TPSA) is 52.6 Å². The van der Waals surface area contributed by atoms with Crippen molar-refractivity contribution in [1.29, 1.82) is 0 Å². The summed E-state index contributed by atoms with van der Waals surface area (Å²) < 4.78 is 11.0. The third-order valence-corrected chi connectivity index (χ3v) is 3.77. The Kier molecular flexibility index (Phi) is 8.14. The number of ether oxygens (including phenoxy) is 2. The average Bonchev–Trinajstić information content (AvgIpc) is 2.55. The van der Waals surface area contributed by atoms with Crippen LogP contribution in [-0.4, -0.2) is 25.2 Å². The van der Waals surface area contributed by atoms with Gasteiger partial charge in [-0.05, 0) is 29.7 Å². The second kappa shape index (κ2) is 9.59. The van der Waals surface area contributed by atoms with Gasteiger partial charge in [0.15, 0.2) is 5.41 Å². The molecule has 0 N–H and O–H groups in total. The molecule has 0 amide bonds. The first-order valence-corrected chi connectivity index (χ1v) is 9.10. The van der Waals surface area contributed by atoms with Crippen LogP contribution in [0, 0.1) is 17.8 Å². The lowest BCUT2D eigenvalue weighted by atomic mass is 9.74. The minimum absolute atomic E-state index is 0.124. The predicted molar refractivity (Wildman–Crippen MR) is 99.2 cm³/mol. The van der Waals surface area contributed by atoms with Crippen LogP contribution in [0.1, 0.15) is 53.5 Å². The molecule has 1 aromatic carbocycles. The normalized spacial score (nSPS) is 11.9. The van der Waals surface area contributed by atoms with Gasteiger partial charge >= 0.3 is 11.9 Å². The molecule has 0 radical (unpaired) electrons. The first-order valence-electron chi connectivity index (χ1n) is 9.10. The highest BCUT2D eigenvalue weighted by Crippen LogP contribution is 2.35. The van der Waals surface area contributed by atoms with Crippen LogP contribution in [0.4, 0.5) is 0 Å². The number of carbonyl (C=O) groups is 2. The molecule has 0 saturated heterocycles. The lowest BCUT2D eigenvalue weighted by Gasteiger charge is -2.32. The minimum atomic E-state index is -1.42. The van der Waals surface area contributed by atoms with E-state index in [1.807, 2.05) is 59.7 Å². The molecule has 0 fully saturated rings. The summed E-state index contributed by atoms with van der Waals surface area (Å²) in [5.41, 5.74) is -0.787. The molecule has 0 aliphatic heterocycles. The van der Waals surface area contributed by atoms with Crippen LogP contribution in [-0.2, 0) is 24.5 Å². The summed E-state index contributed by atoms with van der Waals surface area (Å²) >= 11 is 0. The molecular formula is C21H32O4. The van der Waals surface area contributed by atoms with Crippen LogP contribution in [0.2, 0.25) is 0 Å². The monoisotopic (exact) mass is 348 g/mol. The molecule has 0 aliphatic rings. The van der Waals surface area contributed by atoms with Gasteiger partial charge in [0, 0.05) is 0 Å². The van der Waals surface area contributed by atoms with Gasteiger partial charge in [0.05, 0.1) is 13.2 Å². The first-order chi connectivity index (χ1) is 11.7. The minimum Gasteiger partial charge on any atom is -0.464 e. The van der Waals surface area contributed by atoms with Crippen LogP contribution in [0.25, 0.3) is 0 Å². The predicted octanol–water partition coefficient (Wildman–Crippen LogP) is 4.37. The van der Waals surface area contributed by atoms with Crippen molar-refractivity contribution in [1.82, 2.24) is 0 Å². The maximum atomic E-state index is 13.1. The summed E-state index contributed by atoms with van der Waals surface area (Å²) in [4.78, 5) is 26.1. The smallest absolute Gasteiger partial charge is 0.328 e. The molecule has 0 saturated carbocycles. The molecular weight excluding hydrogens is 316 g/mol. The highest BCUT2D eigenvalue weighted by molar-refractivity contribution is 6.06. The van der Waals surface area contributed by atoms with Crippen molar-refractivity contribution >= 4 is 11.9 Å². The van der Waals surface area contributed by atoms with E-state index in [4.69, 9.17) is 9.47 Å². The molecule has 0 unspecified atom stereocenters. The van der Waals surface area contributed by atoms with Gasteiger partial charge in [0.25, 0.3) is 0 Å². The van der Waals surface area contributed by atoms with E-state index in [0.29, 0.717) is 12.0 Å². The van der Waals surface area contributed by atoms with E-state index in [1.54, 1.807) is 12.1 Å². The Labute approximate surface area is 151 Å². The highest BCUT2D eigenvalue weighted by Gasteiger charge is 2.51. The summed E-state index contributed by atoms with van der Waals surface area (Å²) in [5, 5.41) is 0. The third kappa shape index (κ3) is 5.87. The molecule has 1 aromatic rings. The van der Waals surface area contributed by atoms with Crippen LogP contribution in [0.15, 0.2) is 30.3 Å². The maximum absolute atomic E-state index is 13.1. The van der Waals surface area contributed by atoms with E-state index in [1.165, 1.54) is 0 Å². The zero-order valence-corrected chi connectivity index (χ0v) is 16.4. The first kappa shape index (κ1) is 21.2. The van der Waals surface area contributed by atoms with Crippen LogP contribution >= 0.6 is 0 Å². The van der Waals surface area contributed by atoms with Gasteiger partial charge in [-0.2, -0.15) is 0 Å². The van der Waals surface area contributed by atoms with E-state index >= 15 is 0 Å². The molecule has 0 atom stereocenters. The highest BCUT2D eigenvalue weighted by atomic mass is 16.6.